The van der Waals surface area contributed by atoms with Gasteiger partial charge in [-0.1, -0.05) is 12.1 Å². The van der Waals surface area contributed by atoms with Crippen LogP contribution in [0, 0.1) is 11.3 Å². The van der Waals surface area contributed by atoms with Crippen LogP contribution < -0.4 is 5.32 Å². The van der Waals surface area contributed by atoms with Gasteiger partial charge in [0.15, 0.2) is 0 Å². The Balaban J connectivity index is 2.77. The van der Waals surface area contributed by atoms with E-state index in [2.05, 4.69) is 5.32 Å². The van der Waals surface area contributed by atoms with Crippen LogP contribution in [0.1, 0.15) is 29.3 Å². The van der Waals surface area contributed by atoms with Gasteiger partial charge in [-0.05, 0) is 25.5 Å². The van der Waals surface area contributed by atoms with Crippen LogP contribution in [0.3, 0.4) is 0 Å². The average molecular weight is 218 g/mol. The van der Waals surface area contributed by atoms with Gasteiger partial charge in [-0.25, -0.2) is 0 Å². The largest absolute Gasteiger partial charge is 0.396 e. The van der Waals surface area contributed by atoms with Crippen LogP contribution in [0.4, 0.5) is 0 Å². The Morgan fingerprint density at radius 1 is 1.56 bits per heavy atom. The first-order valence-electron chi connectivity index (χ1n) is 5.10. The van der Waals surface area contributed by atoms with Crippen molar-refractivity contribution in [2.24, 2.45) is 0 Å². The molecule has 2 N–H and O–H groups in total. The van der Waals surface area contributed by atoms with E-state index in [1.807, 2.05) is 13.0 Å². The normalized spacial score (nSPS) is 11.6. The summed E-state index contributed by atoms with van der Waals surface area (Å²) < 4.78 is 0. The number of aliphatic hydroxyl groups excluding tert-OH is 1. The van der Waals surface area contributed by atoms with Crippen molar-refractivity contribution in [2.45, 2.75) is 19.4 Å². The summed E-state index contributed by atoms with van der Waals surface area (Å²) >= 11 is 0. The van der Waals surface area contributed by atoms with Crippen LogP contribution in [0.2, 0.25) is 0 Å². The first kappa shape index (κ1) is 12.2. The average Bonchev–Trinajstić information content (AvgIpc) is 2.29. The third kappa shape index (κ3) is 3.07. The van der Waals surface area contributed by atoms with Gasteiger partial charge in [0.2, 0.25) is 0 Å². The lowest BCUT2D eigenvalue weighted by Crippen LogP contribution is -2.33. The molecular formula is C12H14N2O2. The number of nitrogens with zero attached hydrogens (tertiary/aromatic N) is 1. The minimum Gasteiger partial charge on any atom is -0.396 e. The zero-order valence-corrected chi connectivity index (χ0v) is 9.10. The smallest absolute Gasteiger partial charge is 0.252 e. The third-order valence-corrected chi connectivity index (χ3v) is 2.23. The molecule has 0 saturated carbocycles. The molecular weight excluding hydrogens is 204 g/mol. The number of hydrogen-bond acceptors (Lipinski definition) is 3. The summed E-state index contributed by atoms with van der Waals surface area (Å²) in [5, 5.41) is 20.3. The molecule has 84 valence electrons. The van der Waals surface area contributed by atoms with Crippen molar-refractivity contribution < 1.29 is 9.90 Å². The third-order valence-electron chi connectivity index (χ3n) is 2.23. The molecule has 1 rings (SSSR count). The van der Waals surface area contributed by atoms with Crippen LogP contribution in [0.25, 0.3) is 0 Å². The lowest BCUT2D eigenvalue weighted by atomic mass is 10.1. The lowest BCUT2D eigenvalue weighted by molar-refractivity contribution is 0.0934. The van der Waals surface area contributed by atoms with Crippen LogP contribution in [-0.4, -0.2) is 23.7 Å². The number of rotatable bonds is 4. The predicted molar refractivity (Wildman–Crippen MR) is 59.8 cm³/mol. The highest BCUT2D eigenvalue weighted by Gasteiger charge is 2.12. The van der Waals surface area contributed by atoms with Gasteiger partial charge in [-0.15, -0.1) is 0 Å². The Morgan fingerprint density at radius 3 is 2.88 bits per heavy atom. The number of aliphatic hydroxyl groups is 1. The van der Waals surface area contributed by atoms with Crippen molar-refractivity contribution in [3.05, 3.63) is 35.4 Å². The Hall–Kier alpha value is -1.86. The fourth-order valence-corrected chi connectivity index (χ4v) is 1.35. The number of carbonyl (C=O) groups is 1. The molecule has 1 unspecified atom stereocenters. The van der Waals surface area contributed by atoms with E-state index < -0.39 is 0 Å². The molecule has 0 saturated heterocycles. The minimum absolute atomic E-state index is 0.0291. The van der Waals surface area contributed by atoms with Gasteiger partial charge < -0.3 is 10.4 Å². The number of benzene rings is 1. The zero-order valence-electron chi connectivity index (χ0n) is 9.10. The van der Waals surface area contributed by atoms with Gasteiger partial charge in [0, 0.05) is 12.6 Å². The maximum Gasteiger partial charge on any atom is 0.252 e. The van der Waals surface area contributed by atoms with Gasteiger partial charge >= 0.3 is 0 Å². The maximum absolute atomic E-state index is 11.8. The van der Waals surface area contributed by atoms with E-state index in [4.69, 9.17) is 10.4 Å². The van der Waals surface area contributed by atoms with Crippen molar-refractivity contribution in [1.29, 1.82) is 5.26 Å². The monoisotopic (exact) mass is 218 g/mol. The topological polar surface area (TPSA) is 73.1 Å². The molecule has 0 spiro atoms. The Kier molecular flexibility index (Phi) is 4.49. The molecule has 0 bridgehead atoms. The highest BCUT2D eigenvalue weighted by molar-refractivity contribution is 5.96. The highest BCUT2D eigenvalue weighted by Crippen LogP contribution is 2.07. The van der Waals surface area contributed by atoms with Crippen LogP contribution >= 0.6 is 0 Å². The van der Waals surface area contributed by atoms with E-state index in [1.165, 1.54) is 0 Å². The Bertz CT molecular complexity index is 410. The van der Waals surface area contributed by atoms with E-state index in [0.717, 1.165) is 0 Å². The maximum atomic E-state index is 11.8. The summed E-state index contributed by atoms with van der Waals surface area (Å²) in [4.78, 5) is 11.8. The fourth-order valence-electron chi connectivity index (χ4n) is 1.35. The van der Waals surface area contributed by atoms with E-state index in [9.17, 15) is 4.79 Å². The van der Waals surface area contributed by atoms with E-state index in [-0.39, 0.29) is 18.6 Å². The first-order valence-corrected chi connectivity index (χ1v) is 5.10. The highest BCUT2D eigenvalue weighted by atomic mass is 16.3. The van der Waals surface area contributed by atoms with Crippen LogP contribution in [0.5, 0.6) is 0 Å². The van der Waals surface area contributed by atoms with Crippen LogP contribution in [0.15, 0.2) is 24.3 Å². The van der Waals surface area contributed by atoms with Crippen molar-refractivity contribution in [2.75, 3.05) is 6.61 Å². The van der Waals surface area contributed by atoms with Gasteiger partial charge in [-0.3, -0.25) is 4.79 Å². The standard InChI is InChI=1S/C12H14N2O2/c1-9(6-7-15)14-12(16)11-5-3-2-4-10(11)8-13/h2-5,9,15H,6-7H2,1H3,(H,14,16). The van der Waals surface area contributed by atoms with E-state index >= 15 is 0 Å². The Labute approximate surface area is 94.5 Å². The molecule has 16 heavy (non-hydrogen) atoms. The predicted octanol–water partition coefficient (Wildman–Crippen LogP) is 1.06. The summed E-state index contributed by atoms with van der Waals surface area (Å²) in [6.07, 6.45) is 0.500. The molecule has 0 heterocycles. The molecule has 0 radical (unpaired) electrons. The second kappa shape index (κ2) is 5.89. The minimum atomic E-state index is -0.280. The molecule has 1 aromatic rings. The second-order valence-corrected chi connectivity index (χ2v) is 3.54. The zero-order chi connectivity index (χ0) is 12.0. The van der Waals surface area contributed by atoms with Crippen molar-refractivity contribution in [1.82, 2.24) is 5.32 Å². The number of nitrogens with one attached hydrogen (secondary N) is 1. The number of carbonyl (C=O) groups excluding carboxylic acids is 1. The lowest BCUT2D eigenvalue weighted by Gasteiger charge is -2.12. The Morgan fingerprint density at radius 2 is 2.25 bits per heavy atom. The first-order chi connectivity index (χ1) is 7.69. The molecule has 0 aliphatic heterocycles. The summed E-state index contributed by atoms with van der Waals surface area (Å²) in [7, 11) is 0. The molecule has 4 nitrogen and oxygen atoms in total. The van der Waals surface area contributed by atoms with E-state index in [0.29, 0.717) is 17.5 Å². The van der Waals surface area contributed by atoms with Crippen LogP contribution in [-0.2, 0) is 0 Å². The van der Waals surface area contributed by atoms with Gasteiger partial charge in [0.05, 0.1) is 17.2 Å². The molecule has 4 heteroatoms. The van der Waals surface area contributed by atoms with Crippen molar-refractivity contribution in [3.8, 4) is 6.07 Å². The van der Waals surface area contributed by atoms with E-state index in [1.54, 1.807) is 24.3 Å². The number of amides is 1. The number of nitriles is 1. The summed E-state index contributed by atoms with van der Waals surface area (Å²) in [5.74, 6) is -0.280. The van der Waals surface area contributed by atoms with Crippen molar-refractivity contribution >= 4 is 5.91 Å². The summed E-state index contributed by atoms with van der Waals surface area (Å²) in [6, 6.07) is 8.51. The molecule has 1 atom stereocenters. The molecule has 0 fully saturated rings. The fraction of sp³-hybridized carbons (Fsp3) is 0.333. The van der Waals surface area contributed by atoms with Gasteiger partial charge in [-0.2, -0.15) is 5.26 Å². The molecule has 1 amide bonds. The molecule has 0 aliphatic carbocycles. The van der Waals surface area contributed by atoms with Gasteiger partial charge in [0.25, 0.3) is 5.91 Å². The quantitative estimate of drug-likeness (QED) is 0.793. The molecule has 0 aromatic heterocycles. The molecule has 1 aromatic carbocycles. The summed E-state index contributed by atoms with van der Waals surface area (Å²) in [6.45, 7) is 1.84. The SMILES string of the molecule is CC(CCO)NC(=O)c1ccccc1C#N. The molecule has 0 aliphatic rings. The van der Waals surface area contributed by atoms with Crippen molar-refractivity contribution in [3.63, 3.8) is 0 Å². The second-order valence-electron chi connectivity index (χ2n) is 3.54. The number of hydrogen-bond donors (Lipinski definition) is 2. The summed E-state index contributed by atoms with van der Waals surface area (Å²) in [5.41, 5.74) is 0.728. The van der Waals surface area contributed by atoms with Gasteiger partial charge in [0.1, 0.15) is 0 Å².